The minimum Gasteiger partial charge on any atom is -0.248 e. The molecule has 18 heavy (non-hydrogen) atoms. The van der Waals surface area contributed by atoms with Crippen LogP contribution in [0.4, 0.5) is 0 Å². The van der Waals surface area contributed by atoms with Crippen LogP contribution in [0.3, 0.4) is 0 Å². The monoisotopic (exact) mass is 254 g/mol. The Morgan fingerprint density at radius 3 is 2.11 bits per heavy atom. The number of thiophene rings is 1. The molecule has 0 amide bonds. The van der Waals surface area contributed by atoms with Gasteiger partial charge in [0.05, 0.1) is 11.4 Å². The van der Waals surface area contributed by atoms with Crippen LogP contribution in [-0.2, 0) is 0 Å². The topological polar surface area (TPSA) is 25.8 Å². The third kappa shape index (κ3) is 1.71. The highest BCUT2D eigenvalue weighted by Crippen LogP contribution is 2.30. The Morgan fingerprint density at radius 2 is 1.44 bits per heavy atom. The van der Waals surface area contributed by atoms with Gasteiger partial charge in [-0.15, -0.1) is 11.3 Å². The third-order valence-corrected chi connectivity index (χ3v) is 4.09. The van der Waals surface area contributed by atoms with E-state index >= 15 is 0 Å². The van der Waals surface area contributed by atoms with Gasteiger partial charge in [-0.1, -0.05) is 30.3 Å². The molecule has 2 nitrogen and oxygen atoms in total. The first-order chi connectivity index (χ1) is 8.66. The van der Waals surface area contributed by atoms with E-state index in [4.69, 9.17) is 9.97 Å². The summed E-state index contributed by atoms with van der Waals surface area (Å²) in [6.07, 6.45) is 0. The van der Waals surface area contributed by atoms with Crippen molar-refractivity contribution < 1.29 is 0 Å². The van der Waals surface area contributed by atoms with E-state index in [1.165, 1.54) is 9.75 Å². The fourth-order valence-electron chi connectivity index (χ4n) is 2.21. The van der Waals surface area contributed by atoms with Gasteiger partial charge in [0.1, 0.15) is 11.0 Å². The SMILES string of the molecule is Cc1nc2c(C)sc(C)c2nc1-c1ccccc1. The summed E-state index contributed by atoms with van der Waals surface area (Å²) < 4.78 is 0. The van der Waals surface area contributed by atoms with Crippen molar-refractivity contribution in [2.75, 3.05) is 0 Å². The summed E-state index contributed by atoms with van der Waals surface area (Å²) in [5.74, 6) is 0. The number of aryl methyl sites for hydroxylation is 3. The van der Waals surface area contributed by atoms with Gasteiger partial charge in [0.2, 0.25) is 0 Å². The molecule has 3 heteroatoms. The average molecular weight is 254 g/mol. The Balaban J connectivity index is 2.31. The Morgan fingerprint density at radius 1 is 0.833 bits per heavy atom. The minimum atomic E-state index is 0.990. The smallest absolute Gasteiger partial charge is 0.103 e. The first kappa shape index (κ1) is 11.4. The molecule has 0 N–H and O–H groups in total. The Hall–Kier alpha value is -1.74. The number of hydrogen-bond acceptors (Lipinski definition) is 3. The number of hydrogen-bond donors (Lipinski definition) is 0. The van der Waals surface area contributed by atoms with Crippen molar-refractivity contribution >= 4 is 22.4 Å². The zero-order valence-corrected chi connectivity index (χ0v) is 11.5. The molecule has 0 aliphatic carbocycles. The lowest BCUT2D eigenvalue weighted by Crippen LogP contribution is -1.93. The fraction of sp³-hybridized carbons (Fsp3) is 0.200. The summed E-state index contributed by atoms with van der Waals surface area (Å²) in [4.78, 5) is 12.0. The second kappa shape index (κ2) is 4.18. The molecule has 3 aromatic rings. The molecular weight excluding hydrogens is 240 g/mol. The molecule has 0 radical (unpaired) electrons. The van der Waals surface area contributed by atoms with E-state index in [0.717, 1.165) is 28.0 Å². The Kier molecular flexibility index (Phi) is 2.63. The maximum atomic E-state index is 4.81. The molecule has 0 unspecified atom stereocenters. The number of benzene rings is 1. The molecule has 0 spiro atoms. The van der Waals surface area contributed by atoms with E-state index in [0.29, 0.717) is 0 Å². The van der Waals surface area contributed by atoms with Gasteiger partial charge in [-0.25, -0.2) is 9.97 Å². The summed E-state index contributed by atoms with van der Waals surface area (Å²) in [7, 11) is 0. The van der Waals surface area contributed by atoms with Crippen LogP contribution < -0.4 is 0 Å². The van der Waals surface area contributed by atoms with Crippen LogP contribution >= 0.6 is 11.3 Å². The highest BCUT2D eigenvalue weighted by molar-refractivity contribution is 7.13. The van der Waals surface area contributed by atoms with E-state index in [2.05, 4.69) is 26.0 Å². The normalized spacial score (nSPS) is 11.1. The molecule has 90 valence electrons. The molecule has 0 bridgehead atoms. The van der Waals surface area contributed by atoms with Crippen LogP contribution in [0.2, 0.25) is 0 Å². The fourth-order valence-corrected chi connectivity index (χ4v) is 3.14. The largest absolute Gasteiger partial charge is 0.248 e. The lowest BCUT2D eigenvalue weighted by atomic mass is 10.1. The van der Waals surface area contributed by atoms with Crippen LogP contribution in [0, 0.1) is 20.8 Å². The zero-order chi connectivity index (χ0) is 12.7. The van der Waals surface area contributed by atoms with Gasteiger partial charge in [0.25, 0.3) is 0 Å². The first-order valence-corrected chi connectivity index (χ1v) is 6.78. The zero-order valence-electron chi connectivity index (χ0n) is 10.7. The molecule has 1 aromatic carbocycles. The minimum absolute atomic E-state index is 0.990. The molecule has 0 saturated heterocycles. The molecule has 2 heterocycles. The van der Waals surface area contributed by atoms with Crippen molar-refractivity contribution in [3.8, 4) is 11.3 Å². The predicted octanol–water partition coefficient (Wildman–Crippen LogP) is 4.28. The van der Waals surface area contributed by atoms with Crippen molar-refractivity contribution in [3.63, 3.8) is 0 Å². The van der Waals surface area contributed by atoms with Crippen molar-refractivity contribution in [2.24, 2.45) is 0 Å². The lowest BCUT2D eigenvalue weighted by Gasteiger charge is -2.05. The van der Waals surface area contributed by atoms with Gasteiger partial charge in [0.15, 0.2) is 0 Å². The van der Waals surface area contributed by atoms with Gasteiger partial charge >= 0.3 is 0 Å². The van der Waals surface area contributed by atoms with Crippen molar-refractivity contribution in [1.82, 2.24) is 9.97 Å². The summed E-state index contributed by atoms with van der Waals surface area (Å²) in [6, 6.07) is 10.2. The highest BCUT2D eigenvalue weighted by atomic mass is 32.1. The van der Waals surface area contributed by atoms with Crippen LogP contribution in [0.15, 0.2) is 30.3 Å². The molecule has 0 saturated carbocycles. The maximum absolute atomic E-state index is 4.81. The van der Waals surface area contributed by atoms with Crippen LogP contribution in [-0.4, -0.2) is 9.97 Å². The van der Waals surface area contributed by atoms with Crippen molar-refractivity contribution in [1.29, 1.82) is 0 Å². The van der Waals surface area contributed by atoms with Crippen molar-refractivity contribution in [2.45, 2.75) is 20.8 Å². The molecular formula is C15H14N2S. The summed E-state index contributed by atoms with van der Waals surface area (Å²) in [5, 5.41) is 0. The molecule has 3 rings (SSSR count). The van der Waals surface area contributed by atoms with Gasteiger partial charge in [-0.2, -0.15) is 0 Å². The Labute approximate surface area is 110 Å². The van der Waals surface area contributed by atoms with Gasteiger partial charge < -0.3 is 0 Å². The van der Waals surface area contributed by atoms with Crippen molar-refractivity contribution in [3.05, 3.63) is 45.8 Å². The standard InChI is InChI=1S/C15H14N2S/c1-9-13(12-7-5-4-6-8-12)17-15-11(3)18-10(2)14(15)16-9/h4-8H,1-3H3. The van der Waals surface area contributed by atoms with Crippen LogP contribution in [0.1, 0.15) is 15.4 Å². The lowest BCUT2D eigenvalue weighted by molar-refractivity contribution is 1.19. The summed E-state index contributed by atoms with van der Waals surface area (Å²) in [5.41, 5.74) is 5.21. The van der Waals surface area contributed by atoms with Crippen LogP contribution in [0.25, 0.3) is 22.3 Å². The number of aromatic nitrogens is 2. The quantitative estimate of drug-likeness (QED) is 0.647. The maximum Gasteiger partial charge on any atom is 0.103 e. The molecule has 0 atom stereocenters. The third-order valence-electron chi connectivity index (χ3n) is 3.09. The molecule has 0 aliphatic rings. The highest BCUT2D eigenvalue weighted by Gasteiger charge is 2.12. The van der Waals surface area contributed by atoms with Crippen LogP contribution in [0.5, 0.6) is 0 Å². The van der Waals surface area contributed by atoms with Gasteiger partial charge in [-0.05, 0) is 20.8 Å². The number of nitrogens with zero attached hydrogens (tertiary/aromatic N) is 2. The molecule has 0 fully saturated rings. The predicted molar refractivity (Wildman–Crippen MR) is 77.1 cm³/mol. The second-order valence-electron chi connectivity index (χ2n) is 4.44. The first-order valence-electron chi connectivity index (χ1n) is 5.96. The van der Waals surface area contributed by atoms with E-state index in [1.54, 1.807) is 11.3 Å². The van der Waals surface area contributed by atoms with Gasteiger partial charge in [-0.3, -0.25) is 0 Å². The van der Waals surface area contributed by atoms with E-state index in [1.807, 2.05) is 25.1 Å². The second-order valence-corrected chi connectivity index (χ2v) is 5.86. The van der Waals surface area contributed by atoms with E-state index in [-0.39, 0.29) is 0 Å². The molecule has 2 aromatic heterocycles. The average Bonchev–Trinajstić information content (AvgIpc) is 2.65. The van der Waals surface area contributed by atoms with Gasteiger partial charge in [0, 0.05) is 15.3 Å². The summed E-state index contributed by atoms with van der Waals surface area (Å²) >= 11 is 1.77. The Bertz CT molecular complexity index is 714. The summed E-state index contributed by atoms with van der Waals surface area (Å²) in [6.45, 7) is 6.25. The molecule has 0 aliphatic heterocycles. The van der Waals surface area contributed by atoms with E-state index < -0.39 is 0 Å². The van der Waals surface area contributed by atoms with E-state index in [9.17, 15) is 0 Å². The number of fused-ring (bicyclic) bond motifs is 1. The number of rotatable bonds is 1.